The van der Waals surface area contributed by atoms with Crippen molar-refractivity contribution in [1.29, 1.82) is 0 Å². The van der Waals surface area contributed by atoms with E-state index in [9.17, 15) is 4.79 Å². The third-order valence-electron chi connectivity index (χ3n) is 4.87. The molecule has 0 spiro atoms. The standard InChI is InChI=1S/C22H28N4O2/c1-3-14-25(19-9-12-23-13-10-19)26-16-17(2)20-15-18(7-8-21(20)26)6-4-5-11-24-22(27)28/h7-10,12-13,15-16,24H,3-6,11,14H2,1-2H3,(H,27,28). The molecular weight excluding hydrogens is 352 g/mol. The molecule has 0 saturated carbocycles. The Morgan fingerprint density at radius 1 is 1.21 bits per heavy atom. The van der Waals surface area contributed by atoms with Gasteiger partial charge in [0.05, 0.1) is 11.2 Å². The zero-order valence-electron chi connectivity index (χ0n) is 16.6. The number of hydrogen-bond donors (Lipinski definition) is 2. The lowest BCUT2D eigenvalue weighted by Gasteiger charge is -2.26. The number of rotatable bonds is 9. The summed E-state index contributed by atoms with van der Waals surface area (Å²) in [6.45, 7) is 5.76. The minimum Gasteiger partial charge on any atom is -0.465 e. The Morgan fingerprint density at radius 3 is 2.71 bits per heavy atom. The summed E-state index contributed by atoms with van der Waals surface area (Å²) in [5.74, 6) is 0. The number of fused-ring (bicyclic) bond motifs is 1. The highest BCUT2D eigenvalue weighted by Gasteiger charge is 2.13. The number of carbonyl (C=O) groups is 1. The SMILES string of the molecule is CCCN(c1ccncc1)n1cc(C)c2cc(CCCCNC(=O)O)ccc21. The lowest BCUT2D eigenvalue weighted by molar-refractivity contribution is 0.194. The highest BCUT2D eigenvalue weighted by molar-refractivity contribution is 5.85. The second kappa shape index (κ2) is 9.26. The Hall–Kier alpha value is -3.02. The van der Waals surface area contributed by atoms with E-state index in [1.54, 1.807) is 0 Å². The van der Waals surface area contributed by atoms with Gasteiger partial charge in [-0.3, -0.25) is 14.7 Å². The Kier molecular flexibility index (Phi) is 6.53. The molecule has 1 amide bonds. The maximum absolute atomic E-state index is 10.5. The van der Waals surface area contributed by atoms with Gasteiger partial charge in [0.1, 0.15) is 0 Å². The number of nitrogens with one attached hydrogen (secondary N) is 1. The Bertz CT molecular complexity index is 921. The molecule has 0 aliphatic heterocycles. The van der Waals surface area contributed by atoms with Gasteiger partial charge in [-0.2, -0.15) is 0 Å². The zero-order valence-corrected chi connectivity index (χ0v) is 16.6. The molecule has 3 aromatic rings. The number of aromatic nitrogens is 2. The average molecular weight is 380 g/mol. The maximum atomic E-state index is 10.5. The highest BCUT2D eigenvalue weighted by atomic mass is 16.4. The van der Waals surface area contributed by atoms with Crippen molar-refractivity contribution in [2.45, 2.75) is 39.5 Å². The van der Waals surface area contributed by atoms with Crippen LogP contribution in [0, 0.1) is 6.92 Å². The topological polar surface area (TPSA) is 70.4 Å². The third-order valence-corrected chi connectivity index (χ3v) is 4.87. The molecule has 0 unspecified atom stereocenters. The fraction of sp³-hybridized carbons (Fsp3) is 0.364. The van der Waals surface area contributed by atoms with Gasteiger partial charge in [-0.15, -0.1) is 0 Å². The average Bonchev–Trinajstić information content (AvgIpc) is 3.02. The summed E-state index contributed by atoms with van der Waals surface area (Å²) < 4.78 is 2.24. The highest BCUT2D eigenvalue weighted by Crippen LogP contribution is 2.26. The van der Waals surface area contributed by atoms with E-state index in [0.717, 1.165) is 37.9 Å². The molecule has 3 rings (SSSR count). The van der Waals surface area contributed by atoms with Gasteiger partial charge in [0.2, 0.25) is 0 Å². The molecule has 0 aliphatic carbocycles. The van der Waals surface area contributed by atoms with E-state index >= 15 is 0 Å². The summed E-state index contributed by atoms with van der Waals surface area (Å²) in [7, 11) is 0. The van der Waals surface area contributed by atoms with Crippen molar-refractivity contribution in [3.8, 4) is 0 Å². The lowest BCUT2D eigenvalue weighted by atomic mass is 10.0. The van der Waals surface area contributed by atoms with Crippen LogP contribution in [0.2, 0.25) is 0 Å². The number of anilines is 1. The Labute approximate surface area is 165 Å². The second-order valence-corrected chi connectivity index (χ2v) is 7.03. The maximum Gasteiger partial charge on any atom is 0.404 e. The predicted molar refractivity (Wildman–Crippen MR) is 113 cm³/mol. The van der Waals surface area contributed by atoms with E-state index < -0.39 is 6.09 Å². The molecule has 6 nitrogen and oxygen atoms in total. The Morgan fingerprint density at radius 2 is 2.00 bits per heavy atom. The van der Waals surface area contributed by atoms with Crippen LogP contribution in [-0.4, -0.2) is 33.9 Å². The third kappa shape index (κ3) is 4.63. The molecule has 2 heterocycles. The number of amides is 1. The zero-order chi connectivity index (χ0) is 19.9. The number of carboxylic acid groups (broad SMARTS) is 1. The first-order valence-electron chi connectivity index (χ1n) is 9.85. The van der Waals surface area contributed by atoms with Crippen LogP contribution in [-0.2, 0) is 6.42 Å². The van der Waals surface area contributed by atoms with Crippen molar-refractivity contribution >= 4 is 22.7 Å². The van der Waals surface area contributed by atoms with Crippen molar-refractivity contribution in [3.63, 3.8) is 0 Å². The predicted octanol–water partition coefficient (Wildman–Crippen LogP) is 4.61. The van der Waals surface area contributed by atoms with Gasteiger partial charge in [0.15, 0.2) is 0 Å². The lowest BCUT2D eigenvalue weighted by Crippen LogP contribution is -2.29. The van der Waals surface area contributed by atoms with E-state index in [4.69, 9.17) is 5.11 Å². The minimum atomic E-state index is -0.954. The molecule has 2 aromatic heterocycles. The van der Waals surface area contributed by atoms with Gasteiger partial charge in [0, 0.05) is 37.1 Å². The quantitative estimate of drug-likeness (QED) is 0.532. The van der Waals surface area contributed by atoms with E-state index in [-0.39, 0.29) is 0 Å². The van der Waals surface area contributed by atoms with Gasteiger partial charge in [-0.25, -0.2) is 4.79 Å². The van der Waals surface area contributed by atoms with E-state index in [1.165, 1.54) is 22.0 Å². The van der Waals surface area contributed by atoms with Crippen LogP contribution in [0.1, 0.15) is 37.3 Å². The first-order valence-corrected chi connectivity index (χ1v) is 9.85. The molecule has 0 radical (unpaired) electrons. The fourth-order valence-electron chi connectivity index (χ4n) is 3.52. The first-order chi connectivity index (χ1) is 13.6. The summed E-state index contributed by atoms with van der Waals surface area (Å²) in [5.41, 5.74) is 4.86. The molecule has 0 saturated heterocycles. The van der Waals surface area contributed by atoms with E-state index in [0.29, 0.717) is 6.54 Å². The van der Waals surface area contributed by atoms with Gasteiger partial charge in [-0.05, 0) is 68.0 Å². The molecular formula is C22H28N4O2. The van der Waals surface area contributed by atoms with Gasteiger partial charge in [0.25, 0.3) is 0 Å². The normalized spacial score (nSPS) is 10.9. The number of hydrogen-bond acceptors (Lipinski definition) is 3. The molecule has 148 valence electrons. The summed E-state index contributed by atoms with van der Waals surface area (Å²) in [6.07, 6.45) is 8.70. The molecule has 2 N–H and O–H groups in total. The van der Waals surface area contributed by atoms with Crippen LogP contribution in [0.5, 0.6) is 0 Å². The van der Waals surface area contributed by atoms with Crippen LogP contribution in [0.3, 0.4) is 0 Å². The summed E-state index contributed by atoms with van der Waals surface area (Å²) >= 11 is 0. The van der Waals surface area contributed by atoms with Crippen LogP contribution in [0.4, 0.5) is 10.5 Å². The molecule has 6 heteroatoms. The number of aryl methyl sites for hydroxylation is 2. The number of unbranched alkanes of at least 4 members (excludes halogenated alkanes) is 1. The molecule has 28 heavy (non-hydrogen) atoms. The second-order valence-electron chi connectivity index (χ2n) is 7.03. The molecule has 0 bridgehead atoms. The first kappa shape index (κ1) is 19.7. The fourth-order valence-corrected chi connectivity index (χ4v) is 3.52. The van der Waals surface area contributed by atoms with Crippen LogP contribution in [0.25, 0.3) is 10.9 Å². The number of benzene rings is 1. The van der Waals surface area contributed by atoms with E-state index in [1.807, 2.05) is 24.5 Å². The molecule has 0 aliphatic rings. The molecule has 0 fully saturated rings. The Balaban J connectivity index is 1.80. The van der Waals surface area contributed by atoms with Crippen LogP contribution < -0.4 is 10.3 Å². The number of pyridine rings is 1. The van der Waals surface area contributed by atoms with Gasteiger partial charge in [-0.1, -0.05) is 13.0 Å². The van der Waals surface area contributed by atoms with Crippen LogP contribution in [0.15, 0.2) is 48.9 Å². The van der Waals surface area contributed by atoms with Gasteiger partial charge < -0.3 is 10.4 Å². The van der Waals surface area contributed by atoms with Crippen molar-refractivity contribution in [2.24, 2.45) is 0 Å². The minimum absolute atomic E-state index is 0.505. The van der Waals surface area contributed by atoms with Crippen molar-refractivity contribution in [2.75, 3.05) is 18.1 Å². The summed E-state index contributed by atoms with van der Waals surface area (Å²) in [5, 5.41) is 14.6. The summed E-state index contributed by atoms with van der Waals surface area (Å²) in [6, 6.07) is 10.7. The van der Waals surface area contributed by atoms with E-state index in [2.05, 4.69) is 58.2 Å². The number of nitrogens with zero attached hydrogens (tertiary/aromatic N) is 3. The molecule has 1 aromatic carbocycles. The van der Waals surface area contributed by atoms with Crippen molar-refractivity contribution in [1.82, 2.24) is 15.0 Å². The van der Waals surface area contributed by atoms with Crippen LogP contribution >= 0.6 is 0 Å². The smallest absolute Gasteiger partial charge is 0.404 e. The molecule has 0 atom stereocenters. The monoisotopic (exact) mass is 380 g/mol. The largest absolute Gasteiger partial charge is 0.465 e. The van der Waals surface area contributed by atoms with Gasteiger partial charge >= 0.3 is 6.09 Å². The summed E-state index contributed by atoms with van der Waals surface area (Å²) in [4.78, 5) is 14.6. The van der Waals surface area contributed by atoms with Crippen molar-refractivity contribution in [3.05, 3.63) is 60.0 Å². The van der Waals surface area contributed by atoms with Crippen molar-refractivity contribution < 1.29 is 9.90 Å².